The van der Waals surface area contributed by atoms with Gasteiger partial charge in [0.25, 0.3) is 0 Å². The van der Waals surface area contributed by atoms with Gasteiger partial charge in [-0.3, -0.25) is 4.90 Å². The molecule has 156 valence electrons. The van der Waals surface area contributed by atoms with E-state index in [0.717, 1.165) is 41.7 Å². The van der Waals surface area contributed by atoms with Gasteiger partial charge >= 0.3 is 0 Å². The maximum atomic E-state index is 14.5. The first-order valence-electron chi connectivity index (χ1n) is 10.6. The van der Waals surface area contributed by atoms with Crippen LogP contribution in [0, 0.1) is 5.82 Å². The van der Waals surface area contributed by atoms with Crippen LogP contribution in [0.1, 0.15) is 68.3 Å². The second-order valence-electron chi connectivity index (χ2n) is 8.54. The summed E-state index contributed by atoms with van der Waals surface area (Å²) in [5, 5.41) is 0. The number of likely N-dealkylation sites (N-methyl/N-ethyl adjacent to an activating group) is 1. The van der Waals surface area contributed by atoms with Crippen LogP contribution in [0.3, 0.4) is 0 Å². The number of hydrogen-bond donors (Lipinski definition) is 1. The van der Waals surface area contributed by atoms with E-state index in [1.165, 1.54) is 22.3 Å². The van der Waals surface area contributed by atoms with E-state index >= 15 is 0 Å². The molecule has 0 N–H and O–H groups in total. The van der Waals surface area contributed by atoms with Crippen LogP contribution in [0.25, 0.3) is 11.1 Å². The highest BCUT2D eigenvalue weighted by Crippen LogP contribution is 2.40. The van der Waals surface area contributed by atoms with Gasteiger partial charge in [-0.25, -0.2) is 4.39 Å². The zero-order chi connectivity index (χ0) is 22.0. The molecule has 0 heterocycles. The van der Waals surface area contributed by atoms with E-state index in [2.05, 4.69) is 69.3 Å². The molecule has 0 amide bonds. The molecule has 2 aromatic rings. The summed E-state index contributed by atoms with van der Waals surface area (Å²) in [6.07, 6.45) is 3.21. The molecule has 0 aliphatic heterocycles. The molecule has 2 atom stereocenters. The van der Waals surface area contributed by atoms with E-state index < -0.39 is 0 Å². The molecule has 0 saturated heterocycles. The normalized spacial score (nSPS) is 18.0. The SMILES string of the molecule is [B]c1cc(C(=C)C)c(C2=C(C)CCCC2N(C)C(C)c2ccc(CS)cc2)cc1F. The van der Waals surface area contributed by atoms with Gasteiger partial charge in [-0.05, 0) is 81.0 Å². The summed E-state index contributed by atoms with van der Waals surface area (Å²) in [6, 6.07) is 12.4. The maximum Gasteiger partial charge on any atom is 0.117 e. The van der Waals surface area contributed by atoms with Crippen molar-refractivity contribution in [3.05, 3.63) is 76.6 Å². The molecule has 2 aromatic carbocycles. The quantitative estimate of drug-likeness (QED) is 0.437. The third-order valence-corrected chi connectivity index (χ3v) is 6.82. The fourth-order valence-electron chi connectivity index (χ4n) is 4.51. The van der Waals surface area contributed by atoms with E-state index in [1.807, 2.05) is 6.92 Å². The van der Waals surface area contributed by atoms with Gasteiger partial charge in [-0.2, -0.15) is 12.6 Å². The highest BCUT2D eigenvalue weighted by molar-refractivity contribution is 7.79. The minimum Gasteiger partial charge on any atom is -0.293 e. The van der Waals surface area contributed by atoms with Gasteiger partial charge in [0.2, 0.25) is 0 Å². The minimum atomic E-state index is -0.363. The van der Waals surface area contributed by atoms with Crippen molar-refractivity contribution in [1.29, 1.82) is 0 Å². The zero-order valence-electron chi connectivity index (χ0n) is 18.5. The lowest BCUT2D eigenvalue weighted by atomic mass is 9.78. The van der Waals surface area contributed by atoms with Gasteiger partial charge in [0.05, 0.1) is 0 Å². The van der Waals surface area contributed by atoms with Crippen LogP contribution in [0.2, 0.25) is 0 Å². The molecule has 4 heteroatoms. The van der Waals surface area contributed by atoms with Crippen molar-refractivity contribution in [3.63, 3.8) is 0 Å². The maximum absolute atomic E-state index is 14.5. The largest absolute Gasteiger partial charge is 0.293 e. The number of nitrogens with zero attached hydrogens (tertiary/aromatic N) is 1. The molecule has 3 rings (SSSR count). The summed E-state index contributed by atoms with van der Waals surface area (Å²) >= 11 is 4.36. The van der Waals surface area contributed by atoms with Gasteiger partial charge in [0.15, 0.2) is 0 Å². The Kier molecular flexibility index (Phi) is 7.31. The van der Waals surface area contributed by atoms with E-state index in [4.69, 9.17) is 7.85 Å². The summed E-state index contributed by atoms with van der Waals surface area (Å²) in [5.41, 5.74) is 7.98. The van der Waals surface area contributed by atoms with E-state index in [0.29, 0.717) is 0 Å². The Hall–Kier alpha value is -1.78. The average molecular weight is 419 g/mol. The topological polar surface area (TPSA) is 3.24 Å². The van der Waals surface area contributed by atoms with Crippen molar-refractivity contribution >= 4 is 37.1 Å². The molecule has 2 unspecified atom stereocenters. The third kappa shape index (κ3) is 4.60. The molecule has 1 aliphatic rings. The van der Waals surface area contributed by atoms with Crippen molar-refractivity contribution in [2.75, 3.05) is 7.05 Å². The Morgan fingerprint density at radius 1 is 1.30 bits per heavy atom. The zero-order valence-corrected chi connectivity index (χ0v) is 19.4. The van der Waals surface area contributed by atoms with Gasteiger partial charge < -0.3 is 0 Å². The van der Waals surface area contributed by atoms with Gasteiger partial charge in [-0.1, -0.05) is 53.5 Å². The Balaban J connectivity index is 2.03. The molecule has 2 radical (unpaired) electrons. The van der Waals surface area contributed by atoms with E-state index in [9.17, 15) is 4.39 Å². The Morgan fingerprint density at radius 2 is 1.97 bits per heavy atom. The predicted molar refractivity (Wildman–Crippen MR) is 132 cm³/mol. The Bertz CT molecular complexity index is 964. The molecule has 0 aromatic heterocycles. The van der Waals surface area contributed by atoms with Crippen LogP contribution >= 0.6 is 12.6 Å². The third-order valence-electron chi connectivity index (χ3n) is 6.46. The van der Waals surface area contributed by atoms with Crippen LogP contribution in [0.4, 0.5) is 4.39 Å². The second-order valence-corrected chi connectivity index (χ2v) is 8.86. The van der Waals surface area contributed by atoms with Gasteiger partial charge in [-0.15, -0.1) is 0 Å². The van der Waals surface area contributed by atoms with E-state index in [1.54, 1.807) is 12.1 Å². The summed E-state index contributed by atoms with van der Waals surface area (Å²) in [5.74, 6) is 0.378. The number of thiol groups is 1. The van der Waals surface area contributed by atoms with Crippen LogP contribution in [-0.4, -0.2) is 25.8 Å². The molecular formula is C26H31BFNS. The first-order chi connectivity index (χ1) is 14.2. The van der Waals surface area contributed by atoms with Gasteiger partial charge in [0, 0.05) is 17.8 Å². The van der Waals surface area contributed by atoms with Crippen molar-refractivity contribution in [2.24, 2.45) is 0 Å². The number of allylic oxidation sites excluding steroid dienone is 2. The highest BCUT2D eigenvalue weighted by atomic mass is 32.1. The lowest BCUT2D eigenvalue weighted by Gasteiger charge is -2.39. The lowest BCUT2D eigenvalue weighted by molar-refractivity contribution is 0.208. The highest BCUT2D eigenvalue weighted by Gasteiger charge is 2.30. The smallest absolute Gasteiger partial charge is 0.117 e. The summed E-state index contributed by atoms with van der Waals surface area (Å²) in [6.45, 7) is 10.5. The van der Waals surface area contributed by atoms with Gasteiger partial charge in [0.1, 0.15) is 13.7 Å². The lowest BCUT2D eigenvalue weighted by Crippen LogP contribution is -2.37. The standard InChI is InChI=1S/C26H31BFNS/c1-16(2)21-13-23(27)24(28)14-22(21)26-17(3)7-6-8-25(26)29(5)18(4)20-11-9-19(15-30)10-12-20/h9-14,18,25,30H,1,6-8,15H2,2-5H3. The van der Waals surface area contributed by atoms with Crippen molar-refractivity contribution < 1.29 is 4.39 Å². The number of hydrogen-bond acceptors (Lipinski definition) is 2. The van der Waals surface area contributed by atoms with Crippen molar-refractivity contribution in [2.45, 2.75) is 57.9 Å². The molecule has 0 saturated carbocycles. The van der Waals surface area contributed by atoms with Crippen molar-refractivity contribution in [1.82, 2.24) is 4.90 Å². The fraction of sp³-hybridized carbons (Fsp3) is 0.385. The fourth-order valence-corrected chi connectivity index (χ4v) is 4.72. The summed E-state index contributed by atoms with van der Waals surface area (Å²) in [7, 11) is 8.06. The molecule has 1 nitrogen and oxygen atoms in total. The first kappa shape index (κ1) is 22.9. The molecular weight excluding hydrogens is 388 g/mol. The number of halogens is 1. The Labute approximate surface area is 187 Å². The number of rotatable bonds is 6. The van der Waals surface area contributed by atoms with Crippen LogP contribution < -0.4 is 5.46 Å². The molecule has 0 fully saturated rings. The average Bonchev–Trinajstić information content (AvgIpc) is 2.74. The van der Waals surface area contributed by atoms with Crippen LogP contribution in [0.15, 0.2) is 48.6 Å². The van der Waals surface area contributed by atoms with Crippen molar-refractivity contribution in [3.8, 4) is 0 Å². The summed E-state index contributed by atoms with van der Waals surface area (Å²) < 4.78 is 14.5. The molecule has 30 heavy (non-hydrogen) atoms. The Morgan fingerprint density at radius 3 is 2.57 bits per heavy atom. The van der Waals surface area contributed by atoms with E-state index in [-0.39, 0.29) is 23.4 Å². The van der Waals surface area contributed by atoms with Crippen LogP contribution in [-0.2, 0) is 5.75 Å². The molecule has 0 bridgehead atoms. The first-order valence-corrected chi connectivity index (χ1v) is 11.2. The molecule has 1 aliphatic carbocycles. The number of benzene rings is 2. The van der Waals surface area contributed by atoms with Crippen LogP contribution in [0.5, 0.6) is 0 Å². The monoisotopic (exact) mass is 419 g/mol. The molecule has 0 spiro atoms. The second kappa shape index (κ2) is 9.57. The summed E-state index contributed by atoms with van der Waals surface area (Å²) in [4.78, 5) is 2.42. The minimum absolute atomic E-state index is 0.174. The predicted octanol–water partition coefficient (Wildman–Crippen LogP) is 6.10.